The SMILES string of the molecule is C1=CC(c2ccccc2)C=C[C]1n1ccc2ccccc21. The Morgan fingerprint density at radius 3 is 2.24 bits per heavy atom. The second-order valence-electron chi connectivity index (χ2n) is 5.32. The summed E-state index contributed by atoms with van der Waals surface area (Å²) in [6, 6.07) is 22.4. The van der Waals surface area contributed by atoms with Crippen LogP contribution in [0.3, 0.4) is 0 Å². The minimum Gasteiger partial charge on any atom is -0.331 e. The van der Waals surface area contributed by atoms with Gasteiger partial charge in [-0.15, -0.1) is 0 Å². The van der Waals surface area contributed by atoms with Gasteiger partial charge in [0.15, 0.2) is 0 Å². The highest BCUT2D eigenvalue weighted by atomic mass is 15.0. The van der Waals surface area contributed by atoms with Gasteiger partial charge in [-0.1, -0.05) is 72.8 Å². The average Bonchev–Trinajstić information content (AvgIpc) is 3.00. The first-order valence-corrected chi connectivity index (χ1v) is 7.26. The third-order valence-electron chi connectivity index (χ3n) is 4.01. The third-order valence-corrected chi connectivity index (χ3v) is 4.01. The minimum atomic E-state index is 0.372. The Morgan fingerprint density at radius 2 is 1.43 bits per heavy atom. The lowest BCUT2D eigenvalue weighted by molar-refractivity contribution is 0.921. The van der Waals surface area contributed by atoms with Crippen molar-refractivity contribution in [3.63, 3.8) is 0 Å². The summed E-state index contributed by atoms with van der Waals surface area (Å²) in [6.07, 6.45) is 11.1. The molecule has 1 nitrogen and oxygen atoms in total. The van der Waals surface area contributed by atoms with Crippen molar-refractivity contribution in [2.75, 3.05) is 0 Å². The van der Waals surface area contributed by atoms with Crippen molar-refractivity contribution in [3.8, 4) is 0 Å². The minimum absolute atomic E-state index is 0.372. The molecule has 0 amide bonds. The van der Waals surface area contributed by atoms with E-state index in [0.717, 1.165) is 0 Å². The summed E-state index contributed by atoms with van der Waals surface area (Å²) in [5, 5.41) is 1.27. The Labute approximate surface area is 124 Å². The third kappa shape index (κ3) is 2.21. The Hall–Kier alpha value is -2.54. The molecule has 3 aromatic rings. The van der Waals surface area contributed by atoms with Gasteiger partial charge in [-0.25, -0.2) is 0 Å². The molecule has 1 aliphatic carbocycles. The molecule has 1 heterocycles. The van der Waals surface area contributed by atoms with Crippen molar-refractivity contribution in [1.82, 2.24) is 4.57 Å². The highest BCUT2D eigenvalue weighted by Crippen LogP contribution is 2.28. The Morgan fingerprint density at radius 1 is 0.714 bits per heavy atom. The van der Waals surface area contributed by atoms with Crippen molar-refractivity contribution in [1.29, 1.82) is 0 Å². The van der Waals surface area contributed by atoms with Gasteiger partial charge in [0, 0.05) is 17.6 Å². The first-order chi connectivity index (χ1) is 10.4. The van der Waals surface area contributed by atoms with Crippen molar-refractivity contribution < 1.29 is 0 Å². The lowest BCUT2D eigenvalue weighted by Crippen LogP contribution is -2.07. The van der Waals surface area contributed by atoms with Crippen LogP contribution in [0.2, 0.25) is 0 Å². The summed E-state index contributed by atoms with van der Waals surface area (Å²) < 4.78 is 2.24. The van der Waals surface area contributed by atoms with Crippen LogP contribution in [0.4, 0.5) is 0 Å². The quantitative estimate of drug-likeness (QED) is 0.622. The van der Waals surface area contributed by atoms with Crippen LogP contribution < -0.4 is 0 Å². The lowest BCUT2D eigenvalue weighted by atomic mass is 9.93. The number of hydrogen-bond donors (Lipinski definition) is 0. The Balaban J connectivity index is 1.64. The summed E-state index contributed by atoms with van der Waals surface area (Å²) in [5.74, 6) is 0.372. The van der Waals surface area contributed by atoms with Crippen LogP contribution in [0.15, 0.2) is 91.2 Å². The largest absolute Gasteiger partial charge is 0.331 e. The number of rotatable bonds is 2. The van der Waals surface area contributed by atoms with E-state index in [9.17, 15) is 0 Å². The number of fused-ring (bicyclic) bond motifs is 1. The topological polar surface area (TPSA) is 4.93 Å². The first-order valence-electron chi connectivity index (χ1n) is 7.26. The fourth-order valence-electron chi connectivity index (χ4n) is 2.89. The van der Waals surface area contributed by atoms with Crippen LogP contribution in [-0.2, 0) is 0 Å². The fraction of sp³-hybridized carbons (Fsp3) is 0.0500. The number of para-hydroxylation sites is 1. The number of benzene rings is 2. The van der Waals surface area contributed by atoms with Crippen LogP contribution in [0.1, 0.15) is 11.5 Å². The molecule has 0 saturated heterocycles. The van der Waals surface area contributed by atoms with Gasteiger partial charge >= 0.3 is 0 Å². The lowest BCUT2D eigenvalue weighted by Gasteiger charge is -2.18. The van der Waals surface area contributed by atoms with Gasteiger partial charge < -0.3 is 4.57 Å². The van der Waals surface area contributed by atoms with Gasteiger partial charge in [-0.05, 0) is 23.1 Å². The molecule has 0 bridgehead atoms. The van der Waals surface area contributed by atoms with E-state index in [0.29, 0.717) is 5.92 Å². The molecule has 0 atom stereocenters. The van der Waals surface area contributed by atoms with Gasteiger partial charge in [0.05, 0.1) is 0 Å². The second-order valence-corrected chi connectivity index (χ2v) is 5.32. The fourth-order valence-corrected chi connectivity index (χ4v) is 2.89. The molecule has 0 fully saturated rings. The molecule has 4 rings (SSSR count). The van der Waals surface area contributed by atoms with Crippen molar-refractivity contribution in [3.05, 3.63) is 103 Å². The van der Waals surface area contributed by atoms with E-state index in [2.05, 4.69) is 95.7 Å². The van der Waals surface area contributed by atoms with E-state index in [4.69, 9.17) is 0 Å². The molecule has 21 heavy (non-hydrogen) atoms. The molecule has 0 spiro atoms. The second kappa shape index (κ2) is 5.10. The summed E-state index contributed by atoms with van der Waals surface area (Å²) in [4.78, 5) is 0. The zero-order valence-corrected chi connectivity index (χ0v) is 11.7. The number of hydrogen-bond acceptors (Lipinski definition) is 0. The molecular formula is C20H16N. The van der Waals surface area contributed by atoms with Crippen LogP contribution in [0.5, 0.6) is 0 Å². The number of nitrogens with zero attached hydrogens (tertiary/aromatic N) is 1. The molecule has 0 saturated carbocycles. The maximum absolute atomic E-state index is 2.26. The van der Waals surface area contributed by atoms with Crippen LogP contribution in [0, 0.1) is 6.04 Å². The monoisotopic (exact) mass is 270 g/mol. The predicted molar refractivity (Wildman–Crippen MR) is 88.0 cm³/mol. The summed E-state index contributed by atoms with van der Waals surface area (Å²) >= 11 is 0. The molecule has 101 valence electrons. The zero-order valence-electron chi connectivity index (χ0n) is 11.7. The van der Waals surface area contributed by atoms with Gasteiger partial charge in [0.2, 0.25) is 0 Å². The van der Waals surface area contributed by atoms with Gasteiger partial charge in [0.25, 0.3) is 0 Å². The van der Waals surface area contributed by atoms with E-state index in [-0.39, 0.29) is 0 Å². The molecule has 1 aromatic heterocycles. The smallest absolute Gasteiger partial charge is 0.112 e. The van der Waals surface area contributed by atoms with Crippen LogP contribution in [0.25, 0.3) is 10.9 Å². The Kier molecular flexibility index (Phi) is 2.97. The highest BCUT2D eigenvalue weighted by Gasteiger charge is 2.14. The molecule has 1 heteroatoms. The molecule has 0 unspecified atom stereocenters. The summed E-state index contributed by atoms with van der Waals surface area (Å²) in [5.41, 5.74) is 2.58. The van der Waals surface area contributed by atoms with Crippen LogP contribution >= 0.6 is 0 Å². The predicted octanol–water partition coefficient (Wildman–Crippen LogP) is 4.93. The van der Waals surface area contributed by atoms with Gasteiger partial charge in [0.1, 0.15) is 6.04 Å². The zero-order chi connectivity index (χ0) is 14.1. The molecule has 0 aliphatic heterocycles. The molecule has 1 radical (unpaired) electrons. The summed E-state index contributed by atoms with van der Waals surface area (Å²) in [6.45, 7) is 0. The maximum Gasteiger partial charge on any atom is 0.112 e. The van der Waals surface area contributed by atoms with Crippen molar-refractivity contribution >= 4 is 10.9 Å². The first kappa shape index (κ1) is 12.2. The van der Waals surface area contributed by atoms with E-state index < -0.39 is 0 Å². The van der Waals surface area contributed by atoms with E-state index in [1.54, 1.807) is 0 Å². The van der Waals surface area contributed by atoms with Crippen molar-refractivity contribution in [2.45, 2.75) is 5.92 Å². The van der Waals surface area contributed by atoms with E-state index in [1.807, 2.05) is 0 Å². The average molecular weight is 270 g/mol. The summed E-state index contributed by atoms with van der Waals surface area (Å²) in [7, 11) is 0. The molecule has 0 N–H and O–H groups in total. The van der Waals surface area contributed by atoms with E-state index in [1.165, 1.54) is 22.5 Å². The van der Waals surface area contributed by atoms with Gasteiger partial charge in [-0.3, -0.25) is 0 Å². The van der Waals surface area contributed by atoms with Gasteiger partial charge in [-0.2, -0.15) is 0 Å². The molecule has 1 aliphatic rings. The van der Waals surface area contributed by atoms with Crippen LogP contribution in [-0.4, -0.2) is 4.57 Å². The standard InChI is InChI=1S/C20H16N/c1-2-6-16(7-3-1)17-10-12-19(13-11-17)21-15-14-18-8-4-5-9-20(18)21/h1-15,17H. The molecular weight excluding hydrogens is 254 g/mol. The maximum atomic E-state index is 2.26. The number of allylic oxidation sites excluding steroid dienone is 4. The normalized spacial score (nSPS) is 15.8. The molecule has 2 aromatic carbocycles. The van der Waals surface area contributed by atoms with E-state index >= 15 is 0 Å². The highest BCUT2D eigenvalue weighted by molar-refractivity contribution is 5.81. The van der Waals surface area contributed by atoms with Crippen molar-refractivity contribution in [2.24, 2.45) is 0 Å². The Bertz CT molecular complexity index is 794. The number of aromatic nitrogens is 1.